The fourth-order valence-corrected chi connectivity index (χ4v) is 1.80. The van der Waals surface area contributed by atoms with E-state index in [2.05, 4.69) is 0 Å². The Hall–Kier alpha value is -1.29. The molecule has 0 aromatic heterocycles. The van der Waals surface area contributed by atoms with E-state index in [0.29, 0.717) is 27.1 Å². The third-order valence-corrected chi connectivity index (χ3v) is 2.90. The standard InChI is InChI=1S/C13H10Cl2FNO/c14-9-1-3-11(15)13(6-9)18-12-4-2-10(16)5-8(12)7-17/h1-6H,7,17H2. The van der Waals surface area contributed by atoms with Crippen LogP contribution < -0.4 is 10.5 Å². The smallest absolute Gasteiger partial charge is 0.147 e. The van der Waals surface area contributed by atoms with Crippen molar-refractivity contribution in [3.05, 3.63) is 57.8 Å². The third-order valence-electron chi connectivity index (χ3n) is 2.36. The van der Waals surface area contributed by atoms with Gasteiger partial charge in [0.2, 0.25) is 0 Å². The summed E-state index contributed by atoms with van der Waals surface area (Å²) >= 11 is 11.8. The second kappa shape index (κ2) is 5.57. The fraction of sp³-hybridized carbons (Fsp3) is 0.0769. The highest BCUT2D eigenvalue weighted by atomic mass is 35.5. The van der Waals surface area contributed by atoms with Crippen LogP contribution in [0.2, 0.25) is 10.0 Å². The van der Waals surface area contributed by atoms with Gasteiger partial charge >= 0.3 is 0 Å². The Labute approximate surface area is 114 Å². The van der Waals surface area contributed by atoms with Gasteiger partial charge in [-0.05, 0) is 30.3 Å². The molecule has 0 saturated carbocycles. The van der Waals surface area contributed by atoms with E-state index in [1.807, 2.05) is 0 Å². The lowest BCUT2D eigenvalue weighted by molar-refractivity contribution is 0.474. The molecule has 2 nitrogen and oxygen atoms in total. The molecule has 0 amide bonds. The summed E-state index contributed by atoms with van der Waals surface area (Å²) in [6.45, 7) is 0.172. The molecule has 0 aliphatic carbocycles. The maximum Gasteiger partial charge on any atom is 0.147 e. The molecule has 0 saturated heterocycles. The summed E-state index contributed by atoms with van der Waals surface area (Å²) in [5, 5.41) is 0.928. The molecule has 5 heteroatoms. The Bertz CT molecular complexity index is 575. The molecule has 0 fully saturated rings. The minimum Gasteiger partial charge on any atom is -0.455 e. The van der Waals surface area contributed by atoms with Gasteiger partial charge in [0.05, 0.1) is 5.02 Å². The number of nitrogens with two attached hydrogens (primary N) is 1. The Morgan fingerprint density at radius 2 is 1.83 bits per heavy atom. The molecule has 18 heavy (non-hydrogen) atoms. The highest BCUT2D eigenvalue weighted by Crippen LogP contribution is 2.33. The maximum absolute atomic E-state index is 13.1. The quantitative estimate of drug-likeness (QED) is 0.908. The summed E-state index contributed by atoms with van der Waals surface area (Å²) < 4.78 is 18.7. The number of hydrogen-bond donors (Lipinski definition) is 1. The molecular formula is C13H10Cl2FNO. The Balaban J connectivity index is 2.36. The van der Waals surface area contributed by atoms with Crippen LogP contribution in [-0.2, 0) is 6.54 Å². The lowest BCUT2D eigenvalue weighted by atomic mass is 10.2. The molecular weight excluding hydrogens is 276 g/mol. The molecule has 94 valence electrons. The van der Waals surface area contributed by atoms with E-state index >= 15 is 0 Å². The topological polar surface area (TPSA) is 35.2 Å². The molecule has 0 aliphatic heterocycles. The largest absolute Gasteiger partial charge is 0.455 e. The first-order chi connectivity index (χ1) is 8.60. The monoisotopic (exact) mass is 285 g/mol. The zero-order valence-corrected chi connectivity index (χ0v) is 10.8. The second-order valence-electron chi connectivity index (χ2n) is 3.63. The number of benzene rings is 2. The van der Waals surface area contributed by atoms with E-state index in [9.17, 15) is 4.39 Å². The molecule has 2 rings (SSSR count). The van der Waals surface area contributed by atoms with Gasteiger partial charge in [-0.3, -0.25) is 0 Å². The van der Waals surface area contributed by atoms with Gasteiger partial charge in [0.25, 0.3) is 0 Å². The zero-order chi connectivity index (χ0) is 13.1. The molecule has 0 radical (unpaired) electrons. The molecule has 2 aromatic carbocycles. The number of ether oxygens (including phenoxy) is 1. The van der Waals surface area contributed by atoms with Crippen LogP contribution in [0.25, 0.3) is 0 Å². The van der Waals surface area contributed by atoms with Crippen LogP contribution in [0.5, 0.6) is 11.5 Å². The Morgan fingerprint density at radius 1 is 1.06 bits per heavy atom. The van der Waals surface area contributed by atoms with Crippen molar-refractivity contribution in [3.8, 4) is 11.5 Å². The van der Waals surface area contributed by atoms with Crippen molar-refractivity contribution in [3.63, 3.8) is 0 Å². The summed E-state index contributed by atoms with van der Waals surface area (Å²) in [6, 6.07) is 9.01. The number of hydrogen-bond acceptors (Lipinski definition) is 2. The van der Waals surface area contributed by atoms with Gasteiger partial charge in [0.1, 0.15) is 17.3 Å². The van der Waals surface area contributed by atoms with E-state index in [1.54, 1.807) is 18.2 Å². The first-order valence-corrected chi connectivity index (χ1v) is 5.97. The molecule has 2 N–H and O–H groups in total. The van der Waals surface area contributed by atoms with Gasteiger partial charge in [-0.1, -0.05) is 23.2 Å². The average Bonchev–Trinajstić information content (AvgIpc) is 2.36. The van der Waals surface area contributed by atoms with Crippen molar-refractivity contribution in [1.29, 1.82) is 0 Å². The lowest BCUT2D eigenvalue weighted by Gasteiger charge is -2.11. The lowest BCUT2D eigenvalue weighted by Crippen LogP contribution is -2.00. The van der Waals surface area contributed by atoms with E-state index in [-0.39, 0.29) is 12.4 Å². The normalized spacial score (nSPS) is 10.4. The number of rotatable bonds is 3. The van der Waals surface area contributed by atoms with Crippen LogP contribution in [0.1, 0.15) is 5.56 Å². The van der Waals surface area contributed by atoms with Gasteiger partial charge in [-0.2, -0.15) is 0 Å². The van der Waals surface area contributed by atoms with Crippen LogP contribution in [0.15, 0.2) is 36.4 Å². The zero-order valence-electron chi connectivity index (χ0n) is 9.29. The predicted molar refractivity (Wildman–Crippen MR) is 70.8 cm³/mol. The second-order valence-corrected chi connectivity index (χ2v) is 4.48. The van der Waals surface area contributed by atoms with Crippen molar-refractivity contribution in [2.45, 2.75) is 6.54 Å². The van der Waals surface area contributed by atoms with Crippen molar-refractivity contribution in [2.24, 2.45) is 5.73 Å². The summed E-state index contributed by atoms with van der Waals surface area (Å²) in [5.41, 5.74) is 6.10. The average molecular weight is 286 g/mol. The van der Waals surface area contributed by atoms with Gasteiger partial charge in [-0.15, -0.1) is 0 Å². The van der Waals surface area contributed by atoms with Crippen molar-refractivity contribution >= 4 is 23.2 Å². The van der Waals surface area contributed by atoms with E-state index < -0.39 is 0 Å². The van der Waals surface area contributed by atoms with Gasteiger partial charge in [0, 0.05) is 23.2 Å². The molecule has 0 aliphatic rings. The Kier molecular flexibility index (Phi) is 4.07. The predicted octanol–water partition coefficient (Wildman–Crippen LogP) is 4.38. The minimum atomic E-state index is -0.361. The fourth-order valence-electron chi connectivity index (χ4n) is 1.48. The molecule has 0 atom stereocenters. The van der Waals surface area contributed by atoms with Crippen LogP contribution in [0.3, 0.4) is 0 Å². The van der Waals surface area contributed by atoms with Crippen LogP contribution >= 0.6 is 23.2 Å². The van der Waals surface area contributed by atoms with Crippen molar-refractivity contribution in [2.75, 3.05) is 0 Å². The van der Waals surface area contributed by atoms with Gasteiger partial charge in [-0.25, -0.2) is 4.39 Å². The van der Waals surface area contributed by atoms with Crippen molar-refractivity contribution < 1.29 is 9.13 Å². The molecule has 0 heterocycles. The first kappa shape index (κ1) is 13.1. The molecule has 0 bridgehead atoms. The van der Waals surface area contributed by atoms with E-state index in [4.69, 9.17) is 33.7 Å². The Morgan fingerprint density at radius 3 is 2.56 bits per heavy atom. The summed E-state index contributed by atoms with van der Waals surface area (Å²) in [6.07, 6.45) is 0. The summed E-state index contributed by atoms with van der Waals surface area (Å²) in [5.74, 6) is 0.508. The van der Waals surface area contributed by atoms with Crippen LogP contribution in [-0.4, -0.2) is 0 Å². The molecule has 0 spiro atoms. The third kappa shape index (κ3) is 2.93. The minimum absolute atomic E-state index is 0.172. The van der Waals surface area contributed by atoms with Crippen molar-refractivity contribution in [1.82, 2.24) is 0 Å². The maximum atomic E-state index is 13.1. The summed E-state index contributed by atoms with van der Waals surface area (Å²) in [7, 11) is 0. The SMILES string of the molecule is NCc1cc(F)ccc1Oc1cc(Cl)ccc1Cl. The summed E-state index contributed by atoms with van der Waals surface area (Å²) in [4.78, 5) is 0. The van der Waals surface area contributed by atoms with Crippen LogP contribution in [0.4, 0.5) is 4.39 Å². The number of halogens is 3. The molecule has 2 aromatic rings. The van der Waals surface area contributed by atoms with Gasteiger partial charge < -0.3 is 10.5 Å². The highest BCUT2D eigenvalue weighted by Gasteiger charge is 2.08. The van der Waals surface area contributed by atoms with Gasteiger partial charge in [0.15, 0.2) is 0 Å². The van der Waals surface area contributed by atoms with Crippen LogP contribution in [0, 0.1) is 5.82 Å². The molecule has 0 unspecified atom stereocenters. The highest BCUT2D eigenvalue weighted by molar-refractivity contribution is 6.34. The van der Waals surface area contributed by atoms with E-state index in [0.717, 1.165) is 0 Å². The van der Waals surface area contributed by atoms with E-state index in [1.165, 1.54) is 18.2 Å². The first-order valence-electron chi connectivity index (χ1n) is 5.21.